The van der Waals surface area contributed by atoms with Crippen molar-refractivity contribution in [3.05, 3.63) is 23.5 Å². The van der Waals surface area contributed by atoms with Crippen molar-refractivity contribution in [2.75, 3.05) is 0 Å². The summed E-state index contributed by atoms with van der Waals surface area (Å²) < 4.78 is 0. The number of rotatable bonds is 5. The Morgan fingerprint density at radius 2 is 2.08 bits per heavy atom. The summed E-state index contributed by atoms with van der Waals surface area (Å²) in [5.41, 5.74) is 2.65. The van der Waals surface area contributed by atoms with Crippen LogP contribution in [0.1, 0.15) is 46.0 Å². The molecule has 1 radical (unpaired) electrons. The first-order valence-electron chi connectivity index (χ1n) is 4.91. The summed E-state index contributed by atoms with van der Waals surface area (Å²) >= 11 is 0. The Balaban J connectivity index is 2.14. The maximum absolute atomic E-state index is 4.22. The quantitative estimate of drug-likeness (QED) is 0.553. The molecule has 0 aromatic carbocycles. The van der Waals surface area contributed by atoms with Crippen LogP contribution < -0.4 is 5.32 Å². The van der Waals surface area contributed by atoms with Gasteiger partial charge >= 0.3 is 0 Å². The highest BCUT2D eigenvalue weighted by Gasteiger charge is 2.04. The normalized spacial score (nSPS) is 15.5. The Kier molecular flexibility index (Phi) is 3.92. The lowest BCUT2D eigenvalue weighted by Gasteiger charge is -2.00. The number of nitrogens with zero attached hydrogens (tertiary/aromatic N) is 1. The third-order valence-corrected chi connectivity index (χ3v) is 2.31. The summed E-state index contributed by atoms with van der Waals surface area (Å²) in [5, 5.41) is 4.22. The molecule has 0 aromatic rings. The molecule has 0 fully saturated rings. The van der Waals surface area contributed by atoms with Gasteiger partial charge in [0, 0.05) is 11.9 Å². The molecule has 1 aliphatic rings. The third kappa shape index (κ3) is 2.72. The van der Waals surface area contributed by atoms with E-state index in [4.69, 9.17) is 0 Å². The van der Waals surface area contributed by atoms with Crippen LogP contribution in [0, 0.1) is 0 Å². The van der Waals surface area contributed by atoms with Gasteiger partial charge in [0.15, 0.2) is 0 Å². The van der Waals surface area contributed by atoms with Crippen molar-refractivity contribution in [2.45, 2.75) is 46.0 Å². The van der Waals surface area contributed by atoms with E-state index < -0.39 is 0 Å². The standard InChI is InChI=1S/C11H18N/c1-3-4-5-6-7-11-8-9-12-10(11)2/h8-9H,3-7H2,1-2H3. The third-order valence-electron chi connectivity index (χ3n) is 2.31. The van der Waals surface area contributed by atoms with Crippen LogP contribution in [0.3, 0.4) is 0 Å². The van der Waals surface area contributed by atoms with Crippen molar-refractivity contribution in [1.29, 1.82) is 0 Å². The molecule has 12 heavy (non-hydrogen) atoms. The van der Waals surface area contributed by atoms with Crippen LogP contribution in [0.25, 0.3) is 0 Å². The van der Waals surface area contributed by atoms with E-state index in [9.17, 15) is 0 Å². The van der Waals surface area contributed by atoms with Crippen LogP contribution in [0.15, 0.2) is 23.5 Å². The van der Waals surface area contributed by atoms with Crippen LogP contribution in [-0.2, 0) is 0 Å². The summed E-state index contributed by atoms with van der Waals surface area (Å²) in [4.78, 5) is 0. The van der Waals surface area contributed by atoms with Gasteiger partial charge in [0.05, 0.1) is 0 Å². The molecule has 0 bridgehead atoms. The summed E-state index contributed by atoms with van der Waals surface area (Å²) in [6.45, 7) is 4.34. The maximum atomic E-state index is 4.22. The topological polar surface area (TPSA) is 14.1 Å². The fourth-order valence-corrected chi connectivity index (χ4v) is 1.45. The molecular formula is C11H18N. The minimum Gasteiger partial charge on any atom is -0.261 e. The molecule has 1 heterocycles. The Morgan fingerprint density at radius 3 is 2.67 bits per heavy atom. The van der Waals surface area contributed by atoms with Crippen molar-refractivity contribution < 1.29 is 0 Å². The minimum atomic E-state index is 1.21. The second-order valence-corrected chi connectivity index (χ2v) is 3.37. The van der Waals surface area contributed by atoms with Crippen LogP contribution in [-0.4, -0.2) is 0 Å². The summed E-state index contributed by atoms with van der Waals surface area (Å²) in [5.74, 6) is 0. The van der Waals surface area contributed by atoms with Gasteiger partial charge in [-0.2, -0.15) is 0 Å². The smallest absolute Gasteiger partial charge is 0.0405 e. The largest absolute Gasteiger partial charge is 0.261 e. The molecule has 1 rings (SSSR count). The zero-order valence-corrected chi connectivity index (χ0v) is 8.14. The maximum Gasteiger partial charge on any atom is 0.0405 e. The lowest BCUT2D eigenvalue weighted by atomic mass is 10.1. The van der Waals surface area contributed by atoms with Gasteiger partial charge in [-0.1, -0.05) is 26.2 Å². The van der Waals surface area contributed by atoms with E-state index in [0.717, 1.165) is 0 Å². The fourth-order valence-electron chi connectivity index (χ4n) is 1.45. The van der Waals surface area contributed by atoms with Gasteiger partial charge < -0.3 is 0 Å². The van der Waals surface area contributed by atoms with Gasteiger partial charge in [-0.3, -0.25) is 5.32 Å². The Morgan fingerprint density at radius 1 is 1.25 bits per heavy atom. The predicted molar refractivity (Wildman–Crippen MR) is 52.7 cm³/mol. The molecule has 0 atom stereocenters. The van der Waals surface area contributed by atoms with Gasteiger partial charge in [-0.05, 0) is 31.4 Å². The number of hydrogen-bond donors (Lipinski definition) is 0. The first-order valence-corrected chi connectivity index (χ1v) is 4.91. The van der Waals surface area contributed by atoms with E-state index in [1.54, 1.807) is 0 Å². The SMILES string of the molecule is CCCCCCC1=C(C)[N]C=C1. The van der Waals surface area contributed by atoms with Crippen LogP contribution in [0.2, 0.25) is 0 Å². The molecular weight excluding hydrogens is 146 g/mol. The second kappa shape index (κ2) is 5.02. The first kappa shape index (κ1) is 9.37. The van der Waals surface area contributed by atoms with E-state index in [1.165, 1.54) is 43.4 Å². The molecule has 0 aliphatic carbocycles. The summed E-state index contributed by atoms with van der Waals surface area (Å²) in [6, 6.07) is 0. The first-order chi connectivity index (χ1) is 5.84. The van der Waals surface area contributed by atoms with E-state index >= 15 is 0 Å². The van der Waals surface area contributed by atoms with Crippen LogP contribution in [0.4, 0.5) is 0 Å². The molecule has 0 N–H and O–H groups in total. The van der Waals surface area contributed by atoms with Gasteiger partial charge in [-0.25, -0.2) is 0 Å². The molecule has 0 saturated heterocycles. The zero-order chi connectivity index (χ0) is 8.81. The Bertz CT molecular complexity index is 189. The Hall–Kier alpha value is -0.720. The van der Waals surface area contributed by atoms with Gasteiger partial charge in [0.25, 0.3) is 0 Å². The number of allylic oxidation sites excluding steroid dienone is 3. The van der Waals surface area contributed by atoms with Gasteiger partial charge in [0.2, 0.25) is 0 Å². The van der Waals surface area contributed by atoms with Crippen LogP contribution >= 0.6 is 0 Å². The van der Waals surface area contributed by atoms with Gasteiger partial charge in [-0.15, -0.1) is 0 Å². The van der Waals surface area contributed by atoms with E-state index in [1.807, 2.05) is 6.20 Å². The van der Waals surface area contributed by atoms with Crippen molar-refractivity contribution in [2.24, 2.45) is 0 Å². The molecule has 1 nitrogen and oxygen atoms in total. The fraction of sp³-hybridized carbons (Fsp3) is 0.636. The molecule has 0 aromatic heterocycles. The highest BCUT2D eigenvalue weighted by molar-refractivity contribution is 5.29. The second-order valence-electron chi connectivity index (χ2n) is 3.37. The van der Waals surface area contributed by atoms with Crippen LogP contribution in [0.5, 0.6) is 0 Å². The predicted octanol–water partition coefficient (Wildman–Crippen LogP) is 3.36. The summed E-state index contributed by atoms with van der Waals surface area (Å²) in [6.07, 6.45) is 10.6. The average molecular weight is 164 g/mol. The highest BCUT2D eigenvalue weighted by Crippen LogP contribution is 2.18. The molecule has 1 heteroatoms. The monoisotopic (exact) mass is 164 g/mol. The number of hydrogen-bond acceptors (Lipinski definition) is 0. The molecule has 0 spiro atoms. The average Bonchev–Trinajstić information content (AvgIpc) is 2.46. The lowest BCUT2D eigenvalue weighted by molar-refractivity contribution is 0.666. The number of unbranched alkanes of at least 4 members (excludes halogenated alkanes) is 3. The molecule has 0 saturated carbocycles. The minimum absolute atomic E-state index is 1.21. The van der Waals surface area contributed by atoms with Crippen molar-refractivity contribution >= 4 is 0 Å². The van der Waals surface area contributed by atoms with Crippen molar-refractivity contribution in [1.82, 2.24) is 5.32 Å². The van der Waals surface area contributed by atoms with Crippen molar-refractivity contribution in [3.63, 3.8) is 0 Å². The summed E-state index contributed by atoms with van der Waals surface area (Å²) in [7, 11) is 0. The molecule has 0 amide bonds. The highest BCUT2D eigenvalue weighted by atomic mass is 14.9. The Labute approximate surface area is 75.6 Å². The lowest BCUT2D eigenvalue weighted by Crippen LogP contribution is -1.88. The van der Waals surface area contributed by atoms with E-state index in [-0.39, 0.29) is 0 Å². The molecule has 0 unspecified atom stereocenters. The molecule has 1 aliphatic heterocycles. The van der Waals surface area contributed by atoms with Crippen molar-refractivity contribution in [3.8, 4) is 0 Å². The van der Waals surface area contributed by atoms with E-state index in [0.29, 0.717) is 0 Å². The zero-order valence-electron chi connectivity index (χ0n) is 8.14. The van der Waals surface area contributed by atoms with Gasteiger partial charge in [0.1, 0.15) is 0 Å². The van der Waals surface area contributed by atoms with E-state index in [2.05, 4.69) is 25.2 Å². The molecule has 67 valence electrons.